The molecule has 1 atom stereocenters. The van der Waals surface area contributed by atoms with Crippen LogP contribution in [0.4, 0.5) is 17.1 Å². The molecule has 0 unspecified atom stereocenters. The Labute approximate surface area is 178 Å². The Morgan fingerprint density at radius 3 is 2.58 bits per heavy atom. The fraction of sp³-hybridized carbons (Fsp3) is 0.286. The Kier molecular flexibility index (Phi) is 6.19. The molecule has 3 rings (SSSR count). The van der Waals surface area contributed by atoms with Crippen LogP contribution in [-0.2, 0) is 7.05 Å². The van der Waals surface area contributed by atoms with Gasteiger partial charge in [-0.2, -0.15) is 0 Å². The maximum absolute atomic E-state index is 12.8. The monoisotopic (exact) mass is 427 g/mol. The Morgan fingerprint density at radius 1 is 1.23 bits per heavy atom. The van der Waals surface area contributed by atoms with Crippen molar-refractivity contribution in [3.8, 4) is 5.75 Å². The predicted octanol–water partition coefficient (Wildman–Crippen LogP) is 2.38. The minimum Gasteiger partial charge on any atom is -0.505 e. The van der Waals surface area contributed by atoms with Crippen molar-refractivity contribution in [2.24, 2.45) is 7.05 Å². The van der Waals surface area contributed by atoms with Crippen LogP contribution in [0.2, 0.25) is 0 Å². The van der Waals surface area contributed by atoms with Crippen LogP contribution in [0.15, 0.2) is 50.6 Å². The van der Waals surface area contributed by atoms with E-state index in [1.54, 1.807) is 32.3 Å². The number of carbonyl (C=O) groups excluding carboxylic acids is 1. The summed E-state index contributed by atoms with van der Waals surface area (Å²) < 4.78 is 6.51. The molecule has 4 N–H and O–H groups in total. The van der Waals surface area contributed by atoms with Crippen molar-refractivity contribution >= 4 is 23.0 Å². The first-order chi connectivity index (χ1) is 14.7. The first-order valence-corrected chi connectivity index (χ1v) is 9.68. The number of phenols is 1. The summed E-state index contributed by atoms with van der Waals surface area (Å²) in [5, 5.41) is 18.9. The average molecular weight is 427 g/mol. The van der Waals surface area contributed by atoms with Crippen LogP contribution in [0, 0.1) is 0 Å². The second-order valence-corrected chi connectivity index (χ2v) is 7.20. The zero-order valence-electron chi connectivity index (χ0n) is 17.7. The lowest BCUT2D eigenvalue weighted by Gasteiger charge is -2.20. The first-order valence-electron chi connectivity index (χ1n) is 9.68. The van der Waals surface area contributed by atoms with E-state index in [0.717, 1.165) is 4.68 Å². The third-order valence-corrected chi connectivity index (χ3v) is 4.81. The van der Waals surface area contributed by atoms with E-state index in [-0.39, 0.29) is 34.4 Å². The fourth-order valence-corrected chi connectivity index (χ4v) is 3.13. The number of benzene rings is 1. The van der Waals surface area contributed by atoms with E-state index in [4.69, 9.17) is 4.42 Å². The van der Waals surface area contributed by atoms with Crippen LogP contribution in [0.25, 0.3) is 0 Å². The minimum atomic E-state index is -0.581. The Bertz CT molecular complexity index is 1190. The second kappa shape index (κ2) is 8.82. The zero-order chi connectivity index (χ0) is 22.7. The largest absolute Gasteiger partial charge is 0.505 e. The molecule has 2 heterocycles. The number of rotatable bonds is 7. The molecule has 164 valence electrons. The van der Waals surface area contributed by atoms with Gasteiger partial charge in [0.2, 0.25) is 0 Å². The smallest absolute Gasteiger partial charge is 0.290 e. The lowest BCUT2D eigenvalue weighted by molar-refractivity contribution is 0.0824. The Balaban J connectivity index is 2.08. The standard InChI is InChI=1S/C21H25N5O5/c1-5-13(15-10-7-11-31-15)22-17-16(19(28)24-26(4)21(17)30)23-14-9-6-8-12(18(14)27)20(29)25(2)3/h6-11,13,22-23,27H,5H2,1-4H3,(H,24,28)/t13-/m1/s1. The number of aryl methyl sites for hydroxylation is 1. The summed E-state index contributed by atoms with van der Waals surface area (Å²) in [7, 11) is 4.56. The summed E-state index contributed by atoms with van der Waals surface area (Å²) in [6, 6.07) is 7.69. The molecular formula is C21H25N5O5. The molecule has 0 spiro atoms. The number of carbonyl (C=O) groups is 1. The molecule has 3 aromatic rings. The van der Waals surface area contributed by atoms with Crippen LogP contribution >= 0.6 is 0 Å². The van der Waals surface area contributed by atoms with Crippen molar-refractivity contribution in [1.29, 1.82) is 0 Å². The van der Waals surface area contributed by atoms with E-state index in [2.05, 4.69) is 15.7 Å². The van der Waals surface area contributed by atoms with Gasteiger partial charge in [0.25, 0.3) is 17.0 Å². The summed E-state index contributed by atoms with van der Waals surface area (Å²) in [5.74, 6) is -0.122. The highest BCUT2D eigenvalue weighted by atomic mass is 16.3. The van der Waals surface area contributed by atoms with Gasteiger partial charge in [0.15, 0.2) is 5.75 Å². The molecule has 0 bridgehead atoms. The van der Waals surface area contributed by atoms with E-state index in [9.17, 15) is 19.5 Å². The number of nitrogens with one attached hydrogen (secondary N) is 3. The van der Waals surface area contributed by atoms with Crippen molar-refractivity contribution in [2.75, 3.05) is 24.7 Å². The molecular weight excluding hydrogens is 402 g/mol. The van der Waals surface area contributed by atoms with Gasteiger partial charge >= 0.3 is 0 Å². The van der Waals surface area contributed by atoms with Gasteiger partial charge in [-0.3, -0.25) is 24.2 Å². The lowest BCUT2D eigenvalue weighted by atomic mass is 10.1. The van der Waals surface area contributed by atoms with Crippen LogP contribution in [0.5, 0.6) is 5.75 Å². The van der Waals surface area contributed by atoms with Gasteiger partial charge in [0, 0.05) is 21.1 Å². The third-order valence-electron chi connectivity index (χ3n) is 4.81. The third kappa shape index (κ3) is 4.32. The van der Waals surface area contributed by atoms with Crippen molar-refractivity contribution in [1.82, 2.24) is 14.7 Å². The maximum atomic E-state index is 12.8. The second-order valence-electron chi connectivity index (χ2n) is 7.20. The number of aromatic amines is 1. The van der Waals surface area contributed by atoms with E-state index in [0.29, 0.717) is 12.2 Å². The number of para-hydroxylation sites is 1. The number of amides is 1. The van der Waals surface area contributed by atoms with E-state index >= 15 is 0 Å². The van der Waals surface area contributed by atoms with Gasteiger partial charge in [-0.05, 0) is 30.7 Å². The SMILES string of the molecule is CC[C@@H](Nc1c(Nc2cccc(C(=O)N(C)C)c2O)c(=O)[nH]n(C)c1=O)c1ccco1. The number of H-pyrrole nitrogens is 1. The maximum Gasteiger partial charge on any atom is 0.290 e. The van der Waals surface area contributed by atoms with Crippen molar-refractivity contribution < 1.29 is 14.3 Å². The summed E-state index contributed by atoms with van der Waals surface area (Å²) in [5.41, 5.74) is -0.960. The fourth-order valence-electron chi connectivity index (χ4n) is 3.13. The van der Waals surface area contributed by atoms with E-state index in [1.807, 2.05) is 6.92 Å². The highest BCUT2D eigenvalue weighted by Crippen LogP contribution is 2.32. The number of furan rings is 1. The average Bonchev–Trinajstić information content (AvgIpc) is 3.27. The molecule has 0 aliphatic heterocycles. The molecule has 1 aromatic carbocycles. The quantitative estimate of drug-likeness (QED) is 0.426. The summed E-state index contributed by atoms with van der Waals surface area (Å²) >= 11 is 0. The van der Waals surface area contributed by atoms with Gasteiger partial charge in [-0.15, -0.1) is 0 Å². The number of aromatic hydroxyl groups is 1. The highest BCUT2D eigenvalue weighted by molar-refractivity contribution is 5.98. The molecule has 0 aliphatic rings. The van der Waals surface area contributed by atoms with Crippen molar-refractivity contribution in [2.45, 2.75) is 19.4 Å². The van der Waals surface area contributed by atoms with Crippen LogP contribution < -0.4 is 21.8 Å². The van der Waals surface area contributed by atoms with E-state index in [1.165, 1.54) is 30.3 Å². The molecule has 0 saturated carbocycles. The van der Waals surface area contributed by atoms with Crippen LogP contribution in [0.1, 0.15) is 35.5 Å². The molecule has 2 aromatic heterocycles. The van der Waals surface area contributed by atoms with Gasteiger partial charge in [0.05, 0.1) is 23.6 Å². The molecule has 31 heavy (non-hydrogen) atoms. The summed E-state index contributed by atoms with van der Waals surface area (Å²) in [4.78, 5) is 39.2. The van der Waals surface area contributed by atoms with Gasteiger partial charge in [0.1, 0.15) is 17.1 Å². The highest BCUT2D eigenvalue weighted by Gasteiger charge is 2.22. The lowest BCUT2D eigenvalue weighted by Crippen LogP contribution is -2.32. The number of hydrogen-bond acceptors (Lipinski definition) is 7. The number of phenolic OH excluding ortho intramolecular Hbond substituents is 1. The summed E-state index contributed by atoms with van der Waals surface area (Å²) in [6.45, 7) is 1.91. The van der Waals surface area contributed by atoms with Crippen LogP contribution in [0.3, 0.4) is 0 Å². The number of hydrogen-bond donors (Lipinski definition) is 4. The van der Waals surface area contributed by atoms with E-state index < -0.39 is 17.0 Å². The van der Waals surface area contributed by atoms with Gasteiger partial charge in [-0.25, -0.2) is 0 Å². The first kappa shape index (κ1) is 21.8. The molecule has 0 fully saturated rings. The van der Waals surface area contributed by atoms with Gasteiger partial charge in [-0.1, -0.05) is 13.0 Å². The zero-order valence-corrected chi connectivity index (χ0v) is 17.7. The van der Waals surface area contributed by atoms with Crippen molar-refractivity contribution in [3.05, 3.63) is 68.6 Å². The topological polar surface area (TPSA) is 133 Å². The Hall–Kier alpha value is -3.95. The number of aromatic nitrogens is 2. The number of nitrogens with zero attached hydrogens (tertiary/aromatic N) is 2. The van der Waals surface area contributed by atoms with Crippen LogP contribution in [-0.4, -0.2) is 39.8 Å². The minimum absolute atomic E-state index is 0.0123. The molecule has 1 amide bonds. The molecule has 10 nitrogen and oxygen atoms in total. The van der Waals surface area contributed by atoms with Crippen molar-refractivity contribution in [3.63, 3.8) is 0 Å². The predicted molar refractivity (Wildman–Crippen MR) is 117 cm³/mol. The normalized spacial score (nSPS) is 11.7. The molecule has 0 aliphatic carbocycles. The van der Waals surface area contributed by atoms with Gasteiger partial charge < -0.3 is 25.1 Å². The molecule has 0 saturated heterocycles. The summed E-state index contributed by atoms with van der Waals surface area (Å²) in [6.07, 6.45) is 2.11. The number of anilines is 3. The molecule has 10 heteroatoms. The Morgan fingerprint density at radius 2 is 1.97 bits per heavy atom. The molecule has 0 radical (unpaired) electrons.